The van der Waals surface area contributed by atoms with Gasteiger partial charge in [0.05, 0.1) is 17.0 Å². The molecule has 0 spiro atoms. The van der Waals surface area contributed by atoms with Crippen molar-refractivity contribution in [3.63, 3.8) is 0 Å². The lowest BCUT2D eigenvalue weighted by molar-refractivity contribution is 0.102. The molecule has 1 amide bonds. The molecule has 0 radical (unpaired) electrons. The highest BCUT2D eigenvalue weighted by atomic mass is 32.1. The Kier molecular flexibility index (Phi) is 3.96. The molecule has 130 valence electrons. The van der Waals surface area contributed by atoms with Gasteiger partial charge in [-0.05, 0) is 25.1 Å². The minimum absolute atomic E-state index is 0.303. The molecule has 0 saturated carbocycles. The van der Waals surface area contributed by atoms with Gasteiger partial charge in [-0.15, -0.1) is 11.3 Å². The zero-order valence-corrected chi connectivity index (χ0v) is 14.8. The number of rotatable bonds is 3. The predicted molar refractivity (Wildman–Crippen MR) is 98.7 cm³/mol. The van der Waals surface area contributed by atoms with Crippen LogP contribution in [0.1, 0.15) is 16.1 Å². The Labute approximate surface area is 152 Å². The maximum absolute atomic E-state index is 13.3. The van der Waals surface area contributed by atoms with Gasteiger partial charge in [-0.25, -0.2) is 14.4 Å². The van der Waals surface area contributed by atoms with Crippen molar-refractivity contribution in [3.8, 4) is 11.3 Å². The SMILES string of the molecule is Cc1nn(C)c2ncc(C(=O)Nc3nc(-c4cccc(F)c4)cs3)cc12. The second kappa shape index (κ2) is 6.30. The Morgan fingerprint density at radius 1 is 1.31 bits per heavy atom. The standard InChI is InChI=1S/C18H14FN5OS/c1-10-14-7-12(8-20-16(14)24(2)23-10)17(25)22-18-21-15(9-26-18)11-4-3-5-13(19)6-11/h3-9H,1-2H3,(H,21,22,25). The van der Waals surface area contributed by atoms with E-state index in [0.717, 1.165) is 16.7 Å². The fourth-order valence-corrected chi connectivity index (χ4v) is 3.43. The summed E-state index contributed by atoms with van der Waals surface area (Å²) in [5.41, 5.74) is 3.24. The molecule has 1 N–H and O–H groups in total. The molecular weight excluding hydrogens is 353 g/mol. The molecule has 0 saturated heterocycles. The van der Waals surface area contributed by atoms with Crippen molar-refractivity contribution in [2.24, 2.45) is 7.05 Å². The Balaban J connectivity index is 1.58. The molecule has 0 fully saturated rings. The third-order valence-electron chi connectivity index (χ3n) is 3.97. The Hall–Kier alpha value is -3.13. The van der Waals surface area contributed by atoms with E-state index in [9.17, 15) is 9.18 Å². The molecule has 1 aromatic carbocycles. The highest BCUT2D eigenvalue weighted by Crippen LogP contribution is 2.26. The lowest BCUT2D eigenvalue weighted by Gasteiger charge is -2.02. The van der Waals surface area contributed by atoms with Crippen LogP contribution in [0.15, 0.2) is 41.9 Å². The average molecular weight is 367 g/mol. The second-order valence-electron chi connectivity index (χ2n) is 5.81. The van der Waals surface area contributed by atoms with Gasteiger partial charge < -0.3 is 0 Å². The lowest BCUT2D eigenvalue weighted by atomic mass is 10.2. The van der Waals surface area contributed by atoms with Crippen LogP contribution in [0.2, 0.25) is 0 Å². The highest BCUT2D eigenvalue weighted by molar-refractivity contribution is 7.14. The highest BCUT2D eigenvalue weighted by Gasteiger charge is 2.14. The topological polar surface area (TPSA) is 72.7 Å². The van der Waals surface area contributed by atoms with Crippen molar-refractivity contribution in [3.05, 3.63) is 59.0 Å². The molecule has 8 heteroatoms. The van der Waals surface area contributed by atoms with Gasteiger partial charge >= 0.3 is 0 Å². The molecule has 0 aliphatic carbocycles. The first-order chi connectivity index (χ1) is 12.5. The van der Waals surface area contributed by atoms with Crippen molar-refractivity contribution in [2.75, 3.05) is 5.32 Å². The van der Waals surface area contributed by atoms with E-state index in [1.807, 2.05) is 14.0 Å². The normalized spacial score (nSPS) is 11.0. The zero-order chi connectivity index (χ0) is 18.3. The Morgan fingerprint density at radius 2 is 2.15 bits per heavy atom. The average Bonchev–Trinajstić information content (AvgIpc) is 3.20. The summed E-state index contributed by atoms with van der Waals surface area (Å²) < 4.78 is 15.0. The lowest BCUT2D eigenvalue weighted by Crippen LogP contribution is -2.12. The number of anilines is 1. The monoisotopic (exact) mass is 367 g/mol. The summed E-state index contributed by atoms with van der Waals surface area (Å²) in [6.45, 7) is 1.87. The summed E-state index contributed by atoms with van der Waals surface area (Å²) in [4.78, 5) is 21.2. The largest absolute Gasteiger partial charge is 0.298 e. The molecule has 0 bridgehead atoms. The van der Waals surface area contributed by atoms with Crippen molar-refractivity contribution < 1.29 is 9.18 Å². The van der Waals surface area contributed by atoms with Gasteiger partial charge in [-0.3, -0.25) is 14.8 Å². The number of hydrogen-bond acceptors (Lipinski definition) is 5. The van der Waals surface area contributed by atoms with Gasteiger partial charge in [-0.1, -0.05) is 12.1 Å². The number of pyridine rings is 1. The number of nitrogens with one attached hydrogen (secondary N) is 1. The first-order valence-corrected chi connectivity index (χ1v) is 8.71. The van der Waals surface area contributed by atoms with Crippen molar-refractivity contribution >= 4 is 33.4 Å². The summed E-state index contributed by atoms with van der Waals surface area (Å²) in [5.74, 6) is -0.630. The number of carbonyl (C=O) groups excluding carboxylic acids is 1. The van der Waals surface area contributed by atoms with Crippen LogP contribution in [0.4, 0.5) is 9.52 Å². The zero-order valence-electron chi connectivity index (χ0n) is 14.0. The molecule has 3 heterocycles. The molecule has 0 unspecified atom stereocenters. The Morgan fingerprint density at radius 3 is 2.96 bits per heavy atom. The number of halogens is 1. The van der Waals surface area contributed by atoms with E-state index < -0.39 is 0 Å². The number of carbonyl (C=O) groups is 1. The first-order valence-electron chi connectivity index (χ1n) is 7.83. The minimum Gasteiger partial charge on any atom is -0.298 e. The van der Waals surface area contributed by atoms with Gasteiger partial charge in [-0.2, -0.15) is 5.10 Å². The van der Waals surface area contributed by atoms with E-state index in [4.69, 9.17) is 0 Å². The van der Waals surface area contributed by atoms with Gasteiger partial charge in [0.1, 0.15) is 5.82 Å². The third kappa shape index (κ3) is 2.95. The summed E-state index contributed by atoms with van der Waals surface area (Å²) in [5, 5.41) is 10.1. The summed E-state index contributed by atoms with van der Waals surface area (Å²) in [7, 11) is 1.81. The van der Waals surface area contributed by atoms with E-state index in [0.29, 0.717) is 22.0 Å². The maximum Gasteiger partial charge on any atom is 0.259 e. The Bertz CT molecular complexity index is 1130. The number of amides is 1. The molecule has 6 nitrogen and oxygen atoms in total. The fourth-order valence-electron chi connectivity index (χ4n) is 2.71. The maximum atomic E-state index is 13.3. The van der Waals surface area contributed by atoms with Crippen LogP contribution in [0.5, 0.6) is 0 Å². The van der Waals surface area contributed by atoms with Crippen LogP contribution in [-0.4, -0.2) is 25.7 Å². The molecule has 0 atom stereocenters. The van der Waals surface area contributed by atoms with E-state index in [1.165, 1.54) is 29.7 Å². The summed E-state index contributed by atoms with van der Waals surface area (Å²) in [6, 6.07) is 7.94. The van der Waals surface area contributed by atoms with Crippen LogP contribution >= 0.6 is 11.3 Å². The molecular formula is C18H14FN5OS. The predicted octanol–water partition coefficient (Wildman–Crippen LogP) is 3.79. The van der Waals surface area contributed by atoms with Crippen molar-refractivity contribution in [1.29, 1.82) is 0 Å². The smallest absolute Gasteiger partial charge is 0.259 e. The van der Waals surface area contributed by atoms with Gasteiger partial charge in [0, 0.05) is 29.6 Å². The van der Waals surface area contributed by atoms with E-state index in [-0.39, 0.29) is 11.7 Å². The molecule has 4 aromatic rings. The first kappa shape index (κ1) is 16.3. The van der Waals surface area contributed by atoms with Gasteiger partial charge in [0.2, 0.25) is 0 Å². The van der Waals surface area contributed by atoms with Crippen molar-refractivity contribution in [1.82, 2.24) is 19.7 Å². The van der Waals surface area contributed by atoms with Crippen LogP contribution in [0, 0.1) is 12.7 Å². The molecule has 4 rings (SSSR count). The quantitative estimate of drug-likeness (QED) is 0.598. The fraction of sp³-hybridized carbons (Fsp3) is 0.111. The van der Waals surface area contributed by atoms with E-state index in [2.05, 4.69) is 20.4 Å². The van der Waals surface area contributed by atoms with Crippen LogP contribution in [0.3, 0.4) is 0 Å². The van der Waals surface area contributed by atoms with Gasteiger partial charge in [0.15, 0.2) is 10.8 Å². The number of benzene rings is 1. The number of nitrogens with zero attached hydrogens (tertiary/aromatic N) is 4. The number of thiazole rings is 1. The van der Waals surface area contributed by atoms with Crippen LogP contribution in [-0.2, 0) is 7.05 Å². The number of fused-ring (bicyclic) bond motifs is 1. The van der Waals surface area contributed by atoms with Crippen LogP contribution in [0.25, 0.3) is 22.3 Å². The third-order valence-corrected chi connectivity index (χ3v) is 4.73. The molecule has 0 aliphatic heterocycles. The number of aromatic nitrogens is 4. The van der Waals surface area contributed by atoms with Crippen molar-refractivity contribution in [2.45, 2.75) is 6.92 Å². The summed E-state index contributed by atoms with van der Waals surface area (Å²) >= 11 is 1.28. The molecule has 0 aliphatic rings. The van der Waals surface area contributed by atoms with E-state index in [1.54, 1.807) is 28.3 Å². The second-order valence-corrected chi connectivity index (χ2v) is 6.66. The number of aryl methyl sites for hydroxylation is 2. The number of hydrogen-bond donors (Lipinski definition) is 1. The molecule has 26 heavy (non-hydrogen) atoms. The molecule has 3 aromatic heterocycles. The minimum atomic E-state index is -0.327. The summed E-state index contributed by atoms with van der Waals surface area (Å²) in [6.07, 6.45) is 1.51. The van der Waals surface area contributed by atoms with E-state index >= 15 is 0 Å². The van der Waals surface area contributed by atoms with Gasteiger partial charge in [0.25, 0.3) is 5.91 Å². The van der Waals surface area contributed by atoms with Crippen LogP contribution < -0.4 is 5.32 Å².